The van der Waals surface area contributed by atoms with Gasteiger partial charge in [-0.05, 0) is 19.8 Å². The number of esters is 1. The highest BCUT2D eigenvalue weighted by Crippen LogP contribution is 2.31. The zero-order chi connectivity index (χ0) is 11.9. The second-order valence-electron chi connectivity index (χ2n) is 4.75. The molecule has 1 aliphatic heterocycles. The summed E-state index contributed by atoms with van der Waals surface area (Å²) in [6, 6.07) is 0.0213. The molecule has 0 spiro atoms. The first kappa shape index (κ1) is 11.2. The first-order valence-electron chi connectivity index (χ1n) is 5.71. The first-order valence-corrected chi connectivity index (χ1v) is 5.71. The molecule has 2 unspecified atom stereocenters. The Balaban J connectivity index is 1.98. The number of urea groups is 1. The summed E-state index contributed by atoms with van der Waals surface area (Å²) in [6.45, 7) is 1.96. The molecule has 0 bridgehead atoms. The first-order chi connectivity index (χ1) is 7.50. The monoisotopic (exact) mass is 226 g/mol. The van der Waals surface area contributed by atoms with Crippen LogP contribution in [0.25, 0.3) is 0 Å². The Morgan fingerprint density at radius 3 is 2.50 bits per heavy atom. The predicted octanol–water partition coefficient (Wildman–Crippen LogP) is 1.04. The Bertz CT molecular complexity index is 314. The largest absolute Gasteiger partial charge is 0.441 e. The smallest absolute Gasteiger partial charge is 0.322 e. The highest BCUT2D eigenvalue weighted by Gasteiger charge is 2.38. The summed E-state index contributed by atoms with van der Waals surface area (Å²) in [5.41, 5.74) is 0. The summed E-state index contributed by atoms with van der Waals surface area (Å²) in [5, 5.41) is 0. The zero-order valence-electron chi connectivity index (χ0n) is 9.97. The number of carbonyl (C=O) groups is 2. The van der Waals surface area contributed by atoms with Crippen LogP contribution in [-0.2, 0) is 9.53 Å². The van der Waals surface area contributed by atoms with Gasteiger partial charge in [-0.1, -0.05) is 0 Å². The Morgan fingerprint density at radius 1 is 1.31 bits per heavy atom. The predicted molar refractivity (Wildman–Crippen MR) is 57.6 cm³/mol. The van der Waals surface area contributed by atoms with E-state index in [0.29, 0.717) is 6.42 Å². The molecule has 0 radical (unpaired) electrons. The van der Waals surface area contributed by atoms with Crippen LogP contribution in [0.3, 0.4) is 0 Å². The van der Waals surface area contributed by atoms with E-state index in [1.165, 1.54) is 4.90 Å². The third-order valence-corrected chi connectivity index (χ3v) is 3.40. The van der Waals surface area contributed by atoms with E-state index in [0.717, 1.165) is 12.8 Å². The molecule has 1 aliphatic carbocycles. The number of hydrogen-bond donors (Lipinski definition) is 0. The van der Waals surface area contributed by atoms with Crippen LogP contribution in [0.15, 0.2) is 0 Å². The third kappa shape index (κ3) is 1.99. The van der Waals surface area contributed by atoms with E-state index < -0.39 is 6.23 Å². The fraction of sp³-hybridized carbons (Fsp3) is 0.818. The fourth-order valence-electron chi connectivity index (χ4n) is 1.85. The van der Waals surface area contributed by atoms with Crippen LogP contribution in [0, 0.1) is 5.92 Å². The maximum absolute atomic E-state index is 11.8. The van der Waals surface area contributed by atoms with Gasteiger partial charge in [-0.3, -0.25) is 9.69 Å². The van der Waals surface area contributed by atoms with Crippen molar-refractivity contribution in [2.75, 3.05) is 14.1 Å². The van der Waals surface area contributed by atoms with Gasteiger partial charge in [0.15, 0.2) is 6.23 Å². The van der Waals surface area contributed by atoms with Crippen molar-refractivity contribution in [2.45, 2.75) is 38.5 Å². The topological polar surface area (TPSA) is 49.9 Å². The average Bonchev–Trinajstić information content (AvgIpc) is 3.06. The number of ether oxygens (including phenoxy) is 1. The summed E-state index contributed by atoms with van der Waals surface area (Å²) in [5.74, 6) is -0.0696. The lowest BCUT2D eigenvalue weighted by Crippen LogP contribution is -2.56. The second-order valence-corrected chi connectivity index (χ2v) is 4.75. The molecule has 2 rings (SSSR count). The highest BCUT2D eigenvalue weighted by molar-refractivity contribution is 5.77. The van der Waals surface area contributed by atoms with Crippen LogP contribution in [0.2, 0.25) is 0 Å². The zero-order valence-corrected chi connectivity index (χ0v) is 9.97. The Hall–Kier alpha value is -1.26. The summed E-state index contributed by atoms with van der Waals surface area (Å²) in [7, 11) is 3.44. The molecular weight excluding hydrogens is 208 g/mol. The van der Waals surface area contributed by atoms with E-state index >= 15 is 0 Å². The van der Waals surface area contributed by atoms with Gasteiger partial charge in [-0.15, -0.1) is 0 Å². The minimum absolute atomic E-state index is 0.0819. The number of amides is 2. The molecule has 2 aliphatic rings. The molecule has 2 amide bonds. The molecule has 1 heterocycles. The van der Waals surface area contributed by atoms with Crippen molar-refractivity contribution >= 4 is 12.0 Å². The van der Waals surface area contributed by atoms with Crippen molar-refractivity contribution in [2.24, 2.45) is 5.92 Å². The second kappa shape index (κ2) is 3.96. The van der Waals surface area contributed by atoms with E-state index in [9.17, 15) is 9.59 Å². The quantitative estimate of drug-likeness (QED) is 0.661. The van der Waals surface area contributed by atoms with Gasteiger partial charge < -0.3 is 9.64 Å². The van der Waals surface area contributed by atoms with Gasteiger partial charge in [-0.2, -0.15) is 0 Å². The molecule has 2 atom stereocenters. The number of carbonyl (C=O) groups excluding carboxylic acids is 2. The molecule has 0 aromatic heterocycles. The molecular formula is C11H18N2O3. The minimum Gasteiger partial charge on any atom is -0.441 e. The Labute approximate surface area is 95.3 Å². The molecule has 0 aromatic carbocycles. The SMILES string of the molecule is CC1CC(OC(=O)C2CC2)N(C)C(=O)N1C. The lowest BCUT2D eigenvalue weighted by Gasteiger charge is -2.40. The van der Waals surface area contributed by atoms with Crippen LogP contribution < -0.4 is 0 Å². The molecule has 5 nitrogen and oxygen atoms in total. The molecule has 90 valence electrons. The van der Waals surface area contributed by atoms with Crippen molar-refractivity contribution in [3.05, 3.63) is 0 Å². The van der Waals surface area contributed by atoms with Crippen molar-refractivity contribution < 1.29 is 14.3 Å². The third-order valence-electron chi connectivity index (χ3n) is 3.40. The van der Waals surface area contributed by atoms with Gasteiger partial charge in [0.05, 0.1) is 5.92 Å². The van der Waals surface area contributed by atoms with Crippen molar-refractivity contribution in [3.8, 4) is 0 Å². The van der Waals surface area contributed by atoms with Gasteiger partial charge in [-0.25, -0.2) is 4.79 Å². The van der Waals surface area contributed by atoms with Crippen LogP contribution in [-0.4, -0.2) is 48.2 Å². The van der Waals surface area contributed by atoms with E-state index in [4.69, 9.17) is 4.74 Å². The molecule has 0 aromatic rings. The van der Waals surface area contributed by atoms with Crippen LogP contribution in [0.4, 0.5) is 4.79 Å². The average molecular weight is 226 g/mol. The van der Waals surface area contributed by atoms with Gasteiger partial charge in [0.25, 0.3) is 0 Å². The lowest BCUT2D eigenvalue weighted by molar-refractivity contribution is -0.161. The van der Waals surface area contributed by atoms with Crippen LogP contribution in [0.1, 0.15) is 26.2 Å². The summed E-state index contributed by atoms with van der Waals surface area (Å²) in [4.78, 5) is 26.5. The summed E-state index contributed by atoms with van der Waals surface area (Å²) in [6.07, 6.45) is 2.14. The Morgan fingerprint density at radius 2 is 1.94 bits per heavy atom. The maximum atomic E-state index is 11.8. The van der Waals surface area contributed by atoms with Crippen molar-refractivity contribution in [1.29, 1.82) is 0 Å². The van der Waals surface area contributed by atoms with Crippen LogP contribution >= 0.6 is 0 Å². The number of hydrogen-bond acceptors (Lipinski definition) is 3. The molecule has 5 heteroatoms. The normalized spacial score (nSPS) is 30.6. The molecule has 1 saturated heterocycles. The van der Waals surface area contributed by atoms with E-state index in [-0.39, 0.29) is 24.0 Å². The Kier molecular flexibility index (Phi) is 2.78. The minimum atomic E-state index is -0.396. The maximum Gasteiger partial charge on any atom is 0.322 e. The van der Waals surface area contributed by atoms with E-state index in [2.05, 4.69) is 0 Å². The number of nitrogens with zero attached hydrogens (tertiary/aromatic N) is 2. The lowest BCUT2D eigenvalue weighted by atomic mass is 10.1. The van der Waals surface area contributed by atoms with Gasteiger partial charge in [0.2, 0.25) is 0 Å². The van der Waals surface area contributed by atoms with Gasteiger partial charge >= 0.3 is 12.0 Å². The summed E-state index contributed by atoms with van der Waals surface area (Å²) >= 11 is 0. The standard InChI is InChI=1S/C11H18N2O3/c1-7-6-9(13(3)11(15)12(7)2)16-10(14)8-4-5-8/h7-9H,4-6H2,1-3H3. The van der Waals surface area contributed by atoms with Gasteiger partial charge in [0, 0.05) is 26.6 Å². The van der Waals surface area contributed by atoms with Crippen LogP contribution in [0.5, 0.6) is 0 Å². The van der Waals surface area contributed by atoms with Crippen molar-refractivity contribution in [3.63, 3.8) is 0 Å². The van der Waals surface area contributed by atoms with Crippen molar-refractivity contribution in [1.82, 2.24) is 9.80 Å². The van der Waals surface area contributed by atoms with E-state index in [1.54, 1.807) is 19.0 Å². The summed E-state index contributed by atoms with van der Waals surface area (Å²) < 4.78 is 5.36. The molecule has 16 heavy (non-hydrogen) atoms. The fourth-order valence-corrected chi connectivity index (χ4v) is 1.85. The molecule has 1 saturated carbocycles. The van der Waals surface area contributed by atoms with Gasteiger partial charge in [0.1, 0.15) is 0 Å². The molecule has 0 N–H and O–H groups in total. The van der Waals surface area contributed by atoms with E-state index in [1.807, 2.05) is 6.92 Å². The highest BCUT2D eigenvalue weighted by atomic mass is 16.6. The molecule has 2 fully saturated rings. The number of rotatable bonds is 2.